The quantitative estimate of drug-likeness (QED) is 0.815. The van der Waals surface area contributed by atoms with Gasteiger partial charge in [-0.1, -0.05) is 6.08 Å². The van der Waals surface area contributed by atoms with Crippen molar-refractivity contribution in [3.05, 3.63) is 23.8 Å². The highest BCUT2D eigenvalue weighted by Gasteiger charge is 2.35. The van der Waals surface area contributed by atoms with Crippen LogP contribution < -0.4 is 0 Å². The fraction of sp³-hybridized carbons (Fsp3) is 0.385. The summed E-state index contributed by atoms with van der Waals surface area (Å²) < 4.78 is 44.3. The van der Waals surface area contributed by atoms with Crippen LogP contribution in [0.15, 0.2) is 12.3 Å². The number of carbonyl (C=O) groups excluding carboxylic acids is 1. The molecule has 0 saturated heterocycles. The monoisotopic (exact) mass is 314 g/mol. The van der Waals surface area contributed by atoms with Gasteiger partial charge in [-0.05, 0) is 20.8 Å². The SMILES string of the molecule is CC=C(C)n1nc(C(=O)OCC)c2cnc(C(F)(F)F)nc21. The molecule has 6 nitrogen and oxygen atoms in total. The van der Waals surface area contributed by atoms with Crippen molar-refractivity contribution >= 4 is 22.7 Å². The first-order chi connectivity index (χ1) is 10.3. The average molecular weight is 314 g/mol. The molecule has 0 fully saturated rings. The van der Waals surface area contributed by atoms with E-state index in [1.165, 1.54) is 4.68 Å². The lowest BCUT2D eigenvalue weighted by Gasteiger charge is -2.05. The second-order valence-corrected chi connectivity index (χ2v) is 4.34. The Morgan fingerprint density at radius 1 is 1.45 bits per heavy atom. The molecule has 0 aromatic carbocycles. The number of hydrogen-bond donors (Lipinski definition) is 0. The van der Waals surface area contributed by atoms with Gasteiger partial charge in [-0.15, -0.1) is 0 Å². The molecule has 0 bridgehead atoms. The van der Waals surface area contributed by atoms with Gasteiger partial charge in [-0.2, -0.15) is 18.3 Å². The third-order valence-electron chi connectivity index (χ3n) is 2.90. The molecular weight excluding hydrogens is 301 g/mol. The summed E-state index contributed by atoms with van der Waals surface area (Å²) >= 11 is 0. The largest absolute Gasteiger partial charge is 0.461 e. The smallest absolute Gasteiger partial charge is 0.451 e. The summed E-state index contributed by atoms with van der Waals surface area (Å²) in [5.41, 5.74) is 0.306. The van der Waals surface area contributed by atoms with Crippen molar-refractivity contribution in [2.45, 2.75) is 26.9 Å². The number of carbonyl (C=O) groups is 1. The van der Waals surface area contributed by atoms with Crippen LogP contribution in [0.3, 0.4) is 0 Å². The van der Waals surface area contributed by atoms with E-state index in [1.54, 1.807) is 26.8 Å². The normalized spacial score (nSPS) is 12.7. The molecule has 0 aliphatic heterocycles. The molecule has 2 heterocycles. The van der Waals surface area contributed by atoms with E-state index in [1.807, 2.05) is 0 Å². The van der Waals surface area contributed by atoms with Crippen LogP contribution in [0.4, 0.5) is 13.2 Å². The van der Waals surface area contributed by atoms with Crippen LogP contribution in [-0.2, 0) is 10.9 Å². The first kappa shape index (κ1) is 15.9. The van der Waals surface area contributed by atoms with Crippen molar-refractivity contribution in [2.75, 3.05) is 6.61 Å². The predicted octanol–water partition coefficient (Wildman–Crippen LogP) is 2.90. The van der Waals surface area contributed by atoms with Crippen molar-refractivity contribution in [3.8, 4) is 0 Å². The van der Waals surface area contributed by atoms with Gasteiger partial charge in [0.1, 0.15) is 0 Å². The summed E-state index contributed by atoms with van der Waals surface area (Å²) in [5.74, 6) is -2.03. The Morgan fingerprint density at radius 2 is 2.14 bits per heavy atom. The van der Waals surface area contributed by atoms with Gasteiger partial charge in [0.15, 0.2) is 11.3 Å². The van der Waals surface area contributed by atoms with Gasteiger partial charge in [0, 0.05) is 11.9 Å². The van der Waals surface area contributed by atoms with Crippen molar-refractivity contribution in [1.82, 2.24) is 19.7 Å². The van der Waals surface area contributed by atoms with E-state index in [0.717, 1.165) is 6.20 Å². The van der Waals surface area contributed by atoms with Gasteiger partial charge >= 0.3 is 12.1 Å². The van der Waals surface area contributed by atoms with E-state index in [2.05, 4.69) is 15.1 Å². The lowest BCUT2D eigenvalue weighted by molar-refractivity contribution is -0.144. The summed E-state index contributed by atoms with van der Waals surface area (Å²) in [4.78, 5) is 18.6. The number of esters is 1. The maximum Gasteiger partial charge on any atom is 0.451 e. The molecule has 0 unspecified atom stereocenters. The van der Waals surface area contributed by atoms with Crippen LogP contribution in [0.5, 0.6) is 0 Å². The third kappa shape index (κ3) is 2.78. The lowest BCUT2D eigenvalue weighted by Crippen LogP contribution is -2.11. The number of allylic oxidation sites excluding steroid dienone is 2. The first-order valence-corrected chi connectivity index (χ1v) is 6.43. The highest BCUT2D eigenvalue weighted by molar-refractivity contribution is 6.01. The van der Waals surface area contributed by atoms with E-state index in [9.17, 15) is 18.0 Å². The summed E-state index contributed by atoms with van der Waals surface area (Å²) in [6, 6.07) is 0. The fourth-order valence-corrected chi connectivity index (χ4v) is 1.76. The summed E-state index contributed by atoms with van der Waals surface area (Å²) in [7, 11) is 0. The van der Waals surface area contributed by atoms with Crippen LogP contribution in [-0.4, -0.2) is 32.3 Å². The molecule has 2 rings (SSSR count). The Bertz CT molecular complexity index is 750. The molecule has 118 valence electrons. The highest BCUT2D eigenvalue weighted by atomic mass is 19.4. The highest BCUT2D eigenvalue weighted by Crippen LogP contribution is 2.28. The Balaban J connectivity index is 2.73. The van der Waals surface area contributed by atoms with Gasteiger partial charge in [0.2, 0.25) is 5.82 Å². The number of fused-ring (bicyclic) bond motifs is 1. The molecule has 22 heavy (non-hydrogen) atoms. The van der Waals surface area contributed by atoms with Crippen LogP contribution in [0.25, 0.3) is 16.7 Å². The Hall–Kier alpha value is -2.45. The second kappa shape index (κ2) is 5.74. The molecule has 0 saturated carbocycles. The van der Waals surface area contributed by atoms with E-state index >= 15 is 0 Å². The zero-order valence-electron chi connectivity index (χ0n) is 12.1. The third-order valence-corrected chi connectivity index (χ3v) is 2.90. The molecule has 0 aliphatic rings. The van der Waals surface area contributed by atoms with Crippen LogP contribution >= 0.6 is 0 Å². The predicted molar refractivity (Wildman–Crippen MR) is 71.9 cm³/mol. The van der Waals surface area contributed by atoms with E-state index in [4.69, 9.17) is 4.74 Å². The lowest BCUT2D eigenvalue weighted by atomic mass is 10.3. The number of ether oxygens (including phenoxy) is 1. The van der Waals surface area contributed by atoms with Gasteiger partial charge in [0.05, 0.1) is 12.0 Å². The molecular formula is C13H13F3N4O2. The van der Waals surface area contributed by atoms with Crippen LogP contribution in [0, 0.1) is 0 Å². The number of alkyl halides is 3. The molecule has 0 spiro atoms. The number of halogens is 3. The molecule has 0 atom stereocenters. The maximum absolute atomic E-state index is 12.8. The molecule has 0 amide bonds. The second-order valence-electron chi connectivity index (χ2n) is 4.34. The van der Waals surface area contributed by atoms with Crippen molar-refractivity contribution in [3.63, 3.8) is 0 Å². The van der Waals surface area contributed by atoms with E-state index in [0.29, 0.717) is 5.70 Å². The van der Waals surface area contributed by atoms with Crippen molar-refractivity contribution in [1.29, 1.82) is 0 Å². The number of rotatable bonds is 3. The first-order valence-electron chi connectivity index (χ1n) is 6.43. The molecule has 0 radical (unpaired) electrons. The number of aromatic nitrogens is 4. The maximum atomic E-state index is 12.8. The van der Waals surface area contributed by atoms with E-state index in [-0.39, 0.29) is 23.3 Å². The van der Waals surface area contributed by atoms with Crippen LogP contribution in [0.1, 0.15) is 37.1 Å². The molecule has 0 aliphatic carbocycles. The molecule has 2 aromatic rings. The zero-order valence-corrected chi connectivity index (χ0v) is 12.1. The van der Waals surface area contributed by atoms with E-state index < -0.39 is 18.0 Å². The van der Waals surface area contributed by atoms with Gasteiger partial charge in [-0.3, -0.25) is 0 Å². The average Bonchev–Trinajstić information content (AvgIpc) is 2.84. The summed E-state index contributed by atoms with van der Waals surface area (Å²) in [6.07, 6.45) is -2.11. The standard InChI is InChI=1S/C13H13F3N4O2/c1-4-7(3)20-10-8(9(19-20)11(21)22-5-2)6-17-12(18-10)13(14,15)16/h4,6H,5H2,1-3H3. The van der Waals surface area contributed by atoms with Crippen LogP contribution in [0.2, 0.25) is 0 Å². The van der Waals surface area contributed by atoms with Gasteiger partial charge in [0.25, 0.3) is 0 Å². The van der Waals surface area contributed by atoms with Crippen molar-refractivity contribution < 1.29 is 22.7 Å². The van der Waals surface area contributed by atoms with Crippen molar-refractivity contribution in [2.24, 2.45) is 0 Å². The fourth-order valence-electron chi connectivity index (χ4n) is 1.76. The minimum Gasteiger partial charge on any atom is -0.461 e. The summed E-state index contributed by atoms with van der Waals surface area (Å²) in [5, 5.41) is 4.11. The topological polar surface area (TPSA) is 69.9 Å². The molecule has 0 N–H and O–H groups in total. The molecule has 9 heteroatoms. The number of nitrogens with zero attached hydrogens (tertiary/aromatic N) is 4. The minimum atomic E-state index is -4.68. The zero-order chi connectivity index (χ0) is 16.5. The summed E-state index contributed by atoms with van der Waals surface area (Å²) in [6.45, 7) is 5.07. The Kier molecular flexibility index (Phi) is 4.16. The minimum absolute atomic E-state index is 0.0963. The van der Waals surface area contributed by atoms with Gasteiger partial charge in [-0.25, -0.2) is 19.4 Å². The Labute approximate surface area is 123 Å². The Morgan fingerprint density at radius 3 is 2.68 bits per heavy atom. The molecule has 2 aromatic heterocycles. The number of hydrogen-bond acceptors (Lipinski definition) is 5. The van der Waals surface area contributed by atoms with Gasteiger partial charge < -0.3 is 4.74 Å².